The van der Waals surface area contributed by atoms with E-state index in [2.05, 4.69) is 4.72 Å². The normalized spacial score (nSPS) is 17.0. The molecule has 27 heavy (non-hydrogen) atoms. The van der Waals surface area contributed by atoms with Gasteiger partial charge in [-0.25, -0.2) is 21.6 Å². The summed E-state index contributed by atoms with van der Waals surface area (Å²) < 4.78 is 59.3. The molecule has 1 aliphatic rings. The molecule has 1 N–H and O–H groups in total. The van der Waals surface area contributed by atoms with Crippen LogP contribution in [0.2, 0.25) is 0 Å². The fourth-order valence-corrected chi connectivity index (χ4v) is 6.51. The number of rotatable bonds is 7. The first-order chi connectivity index (χ1) is 12.8. The van der Waals surface area contributed by atoms with Crippen molar-refractivity contribution in [2.24, 2.45) is 0 Å². The van der Waals surface area contributed by atoms with Crippen LogP contribution in [0.15, 0.2) is 40.6 Å². The average molecular weight is 431 g/mol. The molecule has 7 nitrogen and oxygen atoms in total. The highest BCUT2D eigenvalue weighted by Crippen LogP contribution is 2.31. The maximum atomic E-state index is 12.8. The third-order valence-corrected chi connectivity index (χ3v) is 8.61. The summed E-state index contributed by atoms with van der Waals surface area (Å²) in [5, 5.41) is 1.94. The topological polar surface area (TPSA) is 92.8 Å². The van der Waals surface area contributed by atoms with Gasteiger partial charge in [0.1, 0.15) is 10.6 Å². The summed E-state index contributed by atoms with van der Waals surface area (Å²) in [5.41, 5.74) is 0.342. The van der Waals surface area contributed by atoms with Crippen LogP contribution in [0.5, 0.6) is 5.75 Å². The number of anilines is 1. The molecule has 0 spiro atoms. The maximum absolute atomic E-state index is 12.8. The van der Waals surface area contributed by atoms with Crippen LogP contribution in [0.25, 0.3) is 0 Å². The van der Waals surface area contributed by atoms with Gasteiger partial charge in [0, 0.05) is 18.0 Å². The zero-order valence-electron chi connectivity index (χ0n) is 14.9. The van der Waals surface area contributed by atoms with Gasteiger partial charge in [-0.2, -0.15) is 0 Å². The van der Waals surface area contributed by atoms with Crippen molar-refractivity contribution in [3.8, 4) is 5.75 Å². The molecule has 0 unspecified atom stereocenters. The first-order valence-corrected chi connectivity index (χ1v) is 12.5. The number of thiophene rings is 1. The molecule has 2 heterocycles. The molecular formula is C17H22N2O5S3. The number of benzene rings is 1. The minimum absolute atomic E-state index is 0.0607. The minimum Gasteiger partial charge on any atom is -0.495 e. The SMILES string of the molecule is COc1ccc(N2CCCCS2(=O)=O)cc1S(=O)(=O)NCCc1cccs1. The van der Waals surface area contributed by atoms with Gasteiger partial charge in [-0.05, 0) is 48.9 Å². The van der Waals surface area contributed by atoms with Crippen molar-refractivity contribution in [1.29, 1.82) is 0 Å². The summed E-state index contributed by atoms with van der Waals surface area (Å²) in [5.74, 6) is 0.247. The highest BCUT2D eigenvalue weighted by molar-refractivity contribution is 7.92. The van der Waals surface area contributed by atoms with Gasteiger partial charge in [0.25, 0.3) is 0 Å². The summed E-state index contributed by atoms with van der Waals surface area (Å²) in [4.78, 5) is 1.02. The molecule has 1 aliphatic heterocycles. The van der Waals surface area contributed by atoms with E-state index < -0.39 is 20.0 Å². The molecule has 148 valence electrons. The molecule has 0 atom stereocenters. The Kier molecular flexibility index (Phi) is 6.09. The lowest BCUT2D eigenvalue weighted by Crippen LogP contribution is -2.38. The van der Waals surface area contributed by atoms with Crippen molar-refractivity contribution in [2.75, 3.05) is 30.3 Å². The van der Waals surface area contributed by atoms with Gasteiger partial charge in [0.15, 0.2) is 0 Å². The molecule has 0 bridgehead atoms. The van der Waals surface area contributed by atoms with Gasteiger partial charge in [0.05, 0.1) is 18.6 Å². The van der Waals surface area contributed by atoms with Gasteiger partial charge in [-0.1, -0.05) is 6.07 Å². The Balaban J connectivity index is 1.86. The highest BCUT2D eigenvalue weighted by atomic mass is 32.2. The first kappa shape index (κ1) is 20.1. The first-order valence-electron chi connectivity index (χ1n) is 8.54. The summed E-state index contributed by atoms with van der Waals surface area (Å²) in [6.45, 7) is 0.595. The van der Waals surface area contributed by atoms with Crippen molar-refractivity contribution < 1.29 is 21.6 Å². The van der Waals surface area contributed by atoms with E-state index >= 15 is 0 Å². The number of hydrogen-bond donors (Lipinski definition) is 1. The minimum atomic E-state index is -3.85. The number of sulfonamides is 2. The second kappa shape index (κ2) is 8.17. The van der Waals surface area contributed by atoms with E-state index in [0.717, 1.165) is 11.3 Å². The molecule has 1 fully saturated rings. The number of ether oxygens (including phenoxy) is 1. The van der Waals surface area contributed by atoms with Crippen LogP contribution in [-0.4, -0.2) is 42.8 Å². The van der Waals surface area contributed by atoms with Crippen molar-refractivity contribution >= 4 is 37.1 Å². The fraction of sp³-hybridized carbons (Fsp3) is 0.412. The fourth-order valence-electron chi connectivity index (χ4n) is 2.95. The highest BCUT2D eigenvalue weighted by Gasteiger charge is 2.28. The van der Waals surface area contributed by atoms with Crippen LogP contribution in [0.1, 0.15) is 17.7 Å². The monoisotopic (exact) mass is 430 g/mol. The van der Waals surface area contributed by atoms with E-state index in [1.807, 2.05) is 17.5 Å². The van der Waals surface area contributed by atoms with Crippen LogP contribution < -0.4 is 13.8 Å². The number of hydrogen-bond acceptors (Lipinski definition) is 6. The second-order valence-electron chi connectivity index (χ2n) is 6.16. The molecule has 1 aromatic heterocycles. The van der Waals surface area contributed by atoms with Crippen molar-refractivity contribution in [1.82, 2.24) is 4.72 Å². The summed E-state index contributed by atoms with van der Waals surface area (Å²) in [6, 6.07) is 8.30. The van der Waals surface area contributed by atoms with Crippen LogP contribution >= 0.6 is 11.3 Å². The number of methoxy groups -OCH3 is 1. The molecule has 0 amide bonds. The van der Waals surface area contributed by atoms with E-state index in [1.165, 1.54) is 23.5 Å². The summed E-state index contributed by atoms with van der Waals surface area (Å²) in [6.07, 6.45) is 1.94. The van der Waals surface area contributed by atoms with Crippen LogP contribution in [0.4, 0.5) is 5.69 Å². The quantitative estimate of drug-likeness (QED) is 0.727. The lowest BCUT2D eigenvalue weighted by molar-refractivity contribution is 0.402. The Labute approximate surface area is 164 Å². The average Bonchev–Trinajstić information content (AvgIpc) is 3.14. The van der Waals surface area contributed by atoms with E-state index in [-0.39, 0.29) is 22.9 Å². The second-order valence-corrected chi connectivity index (χ2v) is 10.9. The molecular weight excluding hydrogens is 408 g/mol. The van der Waals surface area contributed by atoms with Crippen LogP contribution in [0, 0.1) is 0 Å². The Morgan fingerprint density at radius 2 is 2.07 bits per heavy atom. The molecule has 3 rings (SSSR count). The molecule has 2 aromatic rings. The molecule has 10 heteroatoms. The molecule has 0 aliphatic carbocycles. The lowest BCUT2D eigenvalue weighted by Gasteiger charge is -2.28. The molecule has 0 radical (unpaired) electrons. The van der Waals surface area contributed by atoms with E-state index in [9.17, 15) is 16.8 Å². The standard InChI is InChI=1S/C17H22N2O5S3/c1-24-16-7-6-14(19-10-2-3-12-26(19,20)21)13-17(16)27(22,23)18-9-8-15-5-4-11-25-15/h4-7,11,13,18H,2-3,8-10,12H2,1H3. The van der Waals surface area contributed by atoms with Crippen LogP contribution in [-0.2, 0) is 26.5 Å². The van der Waals surface area contributed by atoms with E-state index in [0.29, 0.717) is 25.1 Å². The zero-order valence-corrected chi connectivity index (χ0v) is 17.4. The summed E-state index contributed by atoms with van der Waals surface area (Å²) >= 11 is 1.57. The Bertz CT molecular complexity index is 986. The van der Waals surface area contributed by atoms with Gasteiger partial charge in [-0.3, -0.25) is 4.31 Å². The van der Waals surface area contributed by atoms with Crippen molar-refractivity contribution in [3.63, 3.8) is 0 Å². The third kappa shape index (κ3) is 4.63. The largest absolute Gasteiger partial charge is 0.495 e. The Morgan fingerprint density at radius 3 is 2.74 bits per heavy atom. The Morgan fingerprint density at radius 1 is 1.26 bits per heavy atom. The van der Waals surface area contributed by atoms with Gasteiger partial charge in [-0.15, -0.1) is 11.3 Å². The van der Waals surface area contributed by atoms with Gasteiger partial charge in [0.2, 0.25) is 20.0 Å². The summed E-state index contributed by atoms with van der Waals surface area (Å²) in [7, 11) is -5.89. The molecule has 0 saturated carbocycles. The van der Waals surface area contributed by atoms with E-state index in [1.54, 1.807) is 17.4 Å². The predicted octanol–water partition coefficient (Wildman–Crippen LogP) is 2.21. The Hall–Kier alpha value is -1.62. The molecule has 1 aromatic carbocycles. The van der Waals surface area contributed by atoms with Crippen LogP contribution in [0.3, 0.4) is 0 Å². The zero-order chi connectivity index (χ0) is 19.5. The van der Waals surface area contributed by atoms with Crippen molar-refractivity contribution in [3.05, 3.63) is 40.6 Å². The predicted molar refractivity (Wildman–Crippen MR) is 107 cm³/mol. The lowest BCUT2D eigenvalue weighted by atomic mass is 10.2. The van der Waals surface area contributed by atoms with E-state index in [4.69, 9.17) is 4.74 Å². The smallest absolute Gasteiger partial charge is 0.244 e. The maximum Gasteiger partial charge on any atom is 0.244 e. The van der Waals surface area contributed by atoms with Crippen molar-refractivity contribution in [2.45, 2.75) is 24.2 Å². The number of nitrogens with zero attached hydrogens (tertiary/aromatic N) is 1. The van der Waals surface area contributed by atoms with Gasteiger partial charge < -0.3 is 4.74 Å². The van der Waals surface area contributed by atoms with Gasteiger partial charge >= 0.3 is 0 Å². The molecule has 1 saturated heterocycles. The third-order valence-electron chi connectivity index (χ3n) is 4.32. The number of nitrogens with one attached hydrogen (secondary N) is 1.